The summed E-state index contributed by atoms with van der Waals surface area (Å²) in [4.78, 5) is 15.8. The Labute approximate surface area is 153 Å². The molecule has 0 bridgehead atoms. The van der Waals surface area contributed by atoms with E-state index in [4.69, 9.17) is 4.52 Å². The Bertz CT molecular complexity index is 864. The Kier molecular flexibility index (Phi) is 5.43. The fourth-order valence-corrected chi connectivity index (χ4v) is 4.85. The minimum absolute atomic E-state index is 0.0885. The fourth-order valence-electron chi connectivity index (χ4n) is 3.04. The first kappa shape index (κ1) is 18.6. The standard InChI is InChI=1S/C18H23N3O4S/c1-20(15-8-9-26(23,24)13-15)12-18(22)21(2)11-16-10-17(19-25-16)14-6-4-3-5-7-14/h3-7,10,15H,8-9,11-13H2,1-2H3. The fraction of sp³-hybridized carbons (Fsp3) is 0.444. The molecule has 1 aliphatic rings. The van der Waals surface area contributed by atoms with Gasteiger partial charge in [-0.2, -0.15) is 0 Å². The van der Waals surface area contributed by atoms with Crippen LogP contribution in [0.2, 0.25) is 0 Å². The van der Waals surface area contributed by atoms with E-state index in [9.17, 15) is 13.2 Å². The van der Waals surface area contributed by atoms with Crippen LogP contribution in [0.15, 0.2) is 40.9 Å². The van der Waals surface area contributed by atoms with Gasteiger partial charge in [0, 0.05) is 24.7 Å². The molecular formula is C18H23N3O4S. The molecule has 7 nitrogen and oxygen atoms in total. The molecule has 1 unspecified atom stereocenters. The van der Waals surface area contributed by atoms with Crippen LogP contribution in [0.5, 0.6) is 0 Å². The summed E-state index contributed by atoms with van der Waals surface area (Å²) >= 11 is 0. The number of benzene rings is 1. The number of amides is 1. The van der Waals surface area contributed by atoms with Gasteiger partial charge in [0.25, 0.3) is 0 Å². The molecule has 1 aliphatic heterocycles. The van der Waals surface area contributed by atoms with Crippen LogP contribution in [-0.4, -0.2) is 67.5 Å². The Hall–Kier alpha value is -2.19. The second-order valence-corrected chi connectivity index (χ2v) is 8.99. The molecule has 26 heavy (non-hydrogen) atoms. The second kappa shape index (κ2) is 7.59. The third-order valence-electron chi connectivity index (χ3n) is 4.66. The molecule has 1 aromatic heterocycles. The highest BCUT2D eigenvalue weighted by Crippen LogP contribution is 2.20. The molecule has 140 valence electrons. The van der Waals surface area contributed by atoms with E-state index in [1.165, 1.54) is 0 Å². The summed E-state index contributed by atoms with van der Waals surface area (Å²) < 4.78 is 28.5. The van der Waals surface area contributed by atoms with Crippen LogP contribution >= 0.6 is 0 Å². The van der Waals surface area contributed by atoms with E-state index < -0.39 is 9.84 Å². The normalized spacial score (nSPS) is 19.0. The highest BCUT2D eigenvalue weighted by molar-refractivity contribution is 7.91. The summed E-state index contributed by atoms with van der Waals surface area (Å²) in [5, 5.41) is 4.05. The van der Waals surface area contributed by atoms with Gasteiger partial charge in [-0.15, -0.1) is 0 Å². The molecule has 0 aliphatic carbocycles. The quantitative estimate of drug-likeness (QED) is 0.757. The van der Waals surface area contributed by atoms with Crippen LogP contribution in [-0.2, 0) is 21.2 Å². The van der Waals surface area contributed by atoms with Crippen molar-refractivity contribution < 1.29 is 17.7 Å². The summed E-state index contributed by atoms with van der Waals surface area (Å²) in [6.45, 7) is 0.492. The number of sulfone groups is 1. The van der Waals surface area contributed by atoms with Crippen molar-refractivity contribution in [2.75, 3.05) is 32.1 Å². The van der Waals surface area contributed by atoms with Crippen molar-refractivity contribution in [2.24, 2.45) is 0 Å². The molecule has 1 atom stereocenters. The number of hydrogen-bond acceptors (Lipinski definition) is 6. The molecule has 0 saturated carbocycles. The van der Waals surface area contributed by atoms with E-state index in [0.717, 1.165) is 11.3 Å². The van der Waals surface area contributed by atoms with E-state index in [2.05, 4.69) is 5.16 Å². The first-order chi connectivity index (χ1) is 12.3. The van der Waals surface area contributed by atoms with Crippen molar-refractivity contribution in [1.29, 1.82) is 0 Å². The van der Waals surface area contributed by atoms with Crippen molar-refractivity contribution in [2.45, 2.75) is 19.0 Å². The van der Waals surface area contributed by atoms with Gasteiger partial charge in [-0.3, -0.25) is 9.69 Å². The lowest BCUT2D eigenvalue weighted by atomic mass is 10.1. The number of nitrogens with zero attached hydrogens (tertiary/aromatic N) is 3. The van der Waals surface area contributed by atoms with Crippen molar-refractivity contribution in [1.82, 2.24) is 15.0 Å². The van der Waals surface area contributed by atoms with Crippen LogP contribution in [0.25, 0.3) is 11.3 Å². The SMILES string of the molecule is CN(Cc1cc(-c2ccccc2)no1)C(=O)CN(C)C1CCS(=O)(=O)C1. The highest BCUT2D eigenvalue weighted by atomic mass is 32.2. The maximum Gasteiger partial charge on any atom is 0.236 e. The predicted molar refractivity (Wildman–Crippen MR) is 98.1 cm³/mol. The second-order valence-electron chi connectivity index (χ2n) is 6.77. The van der Waals surface area contributed by atoms with Gasteiger partial charge in [0.2, 0.25) is 5.91 Å². The lowest BCUT2D eigenvalue weighted by Crippen LogP contribution is -2.41. The molecule has 1 aromatic carbocycles. The summed E-state index contributed by atoms with van der Waals surface area (Å²) in [7, 11) is 0.533. The Morgan fingerprint density at radius 3 is 2.65 bits per heavy atom. The lowest BCUT2D eigenvalue weighted by molar-refractivity contribution is -0.132. The molecule has 0 spiro atoms. The van der Waals surface area contributed by atoms with Gasteiger partial charge in [-0.25, -0.2) is 8.42 Å². The monoisotopic (exact) mass is 377 g/mol. The van der Waals surface area contributed by atoms with Crippen LogP contribution in [0.3, 0.4) is 0 Å². The van der Waals surface area contributed by atoms with E-state index in [-0.39, 0.29) is 30.0 Å². The van der Waals surface area contributed by atoms with E-state index in [0.29, 0.717) is 18.7 Å². The zero-order chi connectivity index (χ0) is 18.7. The third kappa shape index (κ3) is 4.50. The maximum atomic E-state index is 12.4. The minimum Gasteiger partial charge on any atom is -0.359 e. The Balaban J connectivity index is 1.55. The van der Waals surface area contributed by atoms with Crippen LogP contribution in [0.1, 0.15) is 12.2 Å². The number of likely N-dealkylation sites (N-methyl/N-ethyl adjacent to an activating group) is 2. The number of carbonyl (C=O) groups is 1. The van der Waals surface area contributed by atoms with Gasteiger partial charge < -0.3 is 9.42 Å². The highest BCUT2D eigenvalue weighted by Gasteiger charge is 2.31. The van der Waals surface area contributed by atoms with Crippen LogP contribution < -0.4 is 0 Å². The summed E-state index contributed by atoms with van der Waals surface area (Å²) in [5.41, 5.74) is 1.69. The van der Waals surface area contributed by atoms with Gasteiger partial charge in [0.15, 0.2) is 15.6 Å². The van der Waals surface area contributed by atoms with Crippen molar-refractivity contribution in [3.63, 3.8) is 0 Å². The molecule has 1 fully saturated rings. The van der Waals surface area contributed by atoms with Crippen molar-refractivity contribution >= 4 is 15.7 Å². The topological polar surface area (TPSA) is 83.7 Å². The van der Waals surface area contributed by atoms with Gasteiger partial charge >= 0.3 is 0 Å². The molecule has 0 radical (unpaired) electrons. The van der Waals surface area contributed by atoms with Gasteiger partial charge in [-0.1, -0.05) is 35.5 Å². The lowest BCUT2D eigenvalue weighted by Gasteiger charge is -2.25. The number of rotatable bonds is 6. The number of hydrogen-bond donors (Lipinski definition) is 0. The van der Waals surface area contributed by atoms with Gasteiger partial charge in [0.05, 0.1) is 24.6 Å². The van der Waals surface area contributed by atoms with Gasteiger partial charge in [0.1, 0.15) is 5.69 Å². The number of aromatic nitrogens is 1. The van der Waals surface area contributed by atoms with E-state index >= 15 is 0 Å². The van der Waals surface area contributed by atoms with Crippen LogP contribution in [0, 0.1) is 0 Å². The van der Waals surface area contributed by atoms with Crippen LogP contribution in [0.4, 0.5) is 0 Å². The molecule has 8 heteroatoms. The molecule has 1 saturated heterocycles. The minimum atomic E-state index is -2.96. The van der Waals surface area contributed by atoms with Crippen molar-refractivity contribution in [3.8, 4) is 11.3 Å². The smallest absolute Gasteiger partial charge is 0.236 e. The van der Waals surface area contributed by atoms with Gasteiger partial charge in [-0.05, 0) is 13.5 Å². The molecule has 2 heterocycles. The van der Waals surface area contributed by atoms with E-state index in [1.807, 2.05) is 41.3 Å². The molecule has 2 aromatic rings. The zero-order valence-electron chi connectivity index (χ0n) is 15.0. The average molecular weight is 377 g/mol. The Morgan fingerprint density at radius 2 is 2.00 bits per heavy atom. The molecule has 0 N–H and O–H groups in total. The first-order valence-electron chi connectivity index (χ1n) is 8.50. The predicted octanol–water partition coefficient (Wildman–Crippen LogP) is 1.42. The summed E-state index contributed by atoms with van der Waals surface area (Å²) in [5.74, 6) is 0.843. The summed E-state index contributed by atoms with van der Waals surface area (Å²) in [6, 6.07) is 11.4. The Morgan fingerprint density at radius 1 is 1.27 bits per heavy atom. The molecule has 1 amide bonds. The third-order valence-corrected chi connectivity index (χ3v) is 6.41. The molecule has 3 rings (SSSR count). The van der Waals surface area contributed by atoms with Crippen molar-refractivity contribution in [3.05, 3.63) is 42.2 Å². The largest absolute Gasteiger partial charge is 0.359 e. The van der Waals surface area contributed by atoms with E-state index in [1.54, 1.807) is 19.0 Å². The number of carbonyl (C=O) groups excluding carboxylic acids is 1. The summed E-state index contributed by atoms with van der Waals surface area (Å²) in [6.07, 6.45) is 0.582. The maximum absolute atomic E-state index is 12.4. The zero-order valence-corrected chi connectivity index (χ0v) is 15.8. The average Bonchev–Trinajstić information content (AvgIpc) is 3.22. The first-order valence-corrected chi connectivity index (χ1v) is 10.3. The molecular weight excluding hydrogens is 354 g/mol.